The lowest BCUT2D eigenvalue weighted by Gasteiger charge is -2.03. The number of carbonyl (C=O) groups is 1. The summed E-state index contributed by atoms with van der Waals surface area (Å²) in [6.45, 7) is 0.420. The van der Waals surface area contributed by atoms with E-state index in [1.807, 2.05) is 12.1 Å². The molecule has 0 saturated carbocycles. The van der Waals surface area contributed by atoms with Gasteiger partial charge in [0.1, 0.15) is 18.2 Å². The molecule has 0 aromatic heterocycles. The van der Waals surface area contributed by atoms with E-state index in [2.05, 4.69) is 17.2 Å². The van der Waals surface area contributed by atoms with Gasteiger partial charge in [-0.15, -0.1) is 0 Å². The van der Waals surface area contributed by atoms with Crippen LogP contribution in [0.3, 0.4) is 0 Å². The van der Waals surface area contributed by atoms with Crippen LogP contribution in [0.4, 0.5) is 4.39 Å². The Kier molecular flexibility index (Phi) is 6.46. The highest BCUT2D eigenvalue weighted by atomic mass is 35.5. The smallest absolute Gasteiger partial charge is 0.225 e. The lowest BCUT2D eigenvalue weighted by atomic mass is 10.1. The van der Waals surface area contributed by atoms with Crippen molar-refractivity contribution in [3.8, 4) is 17.6 Å². The van der Waals surface area contributed by atoms with E-state index < -0.39 is 0 Å². The molecule has 2 aromatic rings. The summed E-state index contributed by atoms with van der Waals surface area (Å²) in [4.78, 5) is 11.7. The molecule has 1 amide bonds. The molecular formula is C18H15ClFNO2. The van der Waals surface area contributed by atoms with E-state index in [9.17, 15) is 9.18 Å². The van der Waals surface area contributed by atoms with Crippen molar-refractivity contribution in [1.29, 1.82) is 0 Å². The monoisotopic (exact) mass is 331 g/mol. The molecule has 0 atom stereocenters. The quantitative estimate of drug-likeness (QED) is 0.854. The van der Waals surface area contributed by atoms with Gasteiger partial charge in [-0.1, -0.05) is 47.7 Å². The van der Waals surface area contributed by atoms with Gasteiger partial charge in [-0.2, -0.15) is 0 Å². The molecule has 2 aromatic carbocycles. The zero-order valence-electron chi connectivity index (χ0n) is 12.3. The number of para-hydroxylation sites is 1. The molecule has 0 saturated heterocycles. The number of hydrogen-bond donors (Lipinski definition) is 1. The maximum atomic E-state index is 12.8. The van der Waals surface area contributed by atoms with E-state index in [0.717, 1.165) is 5.56 Å². The van der Waals surface area contributed by atoms with Crippen LogP contribution in [0.15, 0.2) is 48.5 Å². The van der Waals surface area contributed by atoms with Crippen LogP contribution < -0.4 is 10.1 Å². The maximum absolute atomic E-state index is 12.8. The van der Waals surface area contributed by atoms with Crippen molar-refractivity contribution in [1.82, 2.24) is 5.32 Å². The Balaban J connectivity index is 1.68. The SMILES string of the molecule is O=C(Cc1ccc(F)cc1)NCC#CCOc1ccccc1Cl. The van der Waals surface area contributed by atoms with Crippen LogP contribution in [0.2, 0.25) is 5.02 Å². The Morgan fingerprint density at radius 3 is 2.61 bits per heavy atom. The lowest BCUT2D eigenvalue weighted by molar-refractivity contribution is -0.120. The number of ether oxygens (including phenoxy) is 1. The molecule has 0 radical (unpaired) electrons. The van der Waals surface area contributed by atoms with Gasteiger partial charge in [-0.3, -0.25) is 4.79 Å². The maximum Gasteiger partial charge on any atom is 0.225 e. The van der Waals surface area contributed by atoms with Crippen molar-refractivity contribution in [2.24, 2.45) is 0 Å². The van der Waals surface area contributed by atoms with Crippen molar-refractivity contribution in [2.45, 2.75) is 6.42 Å². The number of benzene rings is 2. The summed E-state index contributed by atoms with van der Waals surface area (Å²) < 4.78 is 18.2. The fourth-order valence-corrected chi connectivity index (χ4v) is 1.97. The third-order valence-corrected chi connectivity index (χ3v) is 3.23. The zero-order chi connectivity index (χ0) is 16.5. The van der Waals surface area contributed by atoms with Crippen LogP contribution in [-0.2, 0) is 11.2 Å². The van der Waals surface area contributed by atoms with Crippen molar-refractivity contribution >= 4 is 17.5 Å². The Morgan fingerprint density at radius 2 is 1.87 bits per heavy atom. The Labute approximate surface area is 139 Å². The summed E-state index contributed by atoms with van der Waals surface area (Å²) in [5.74, 6) is 5.67. The second kappa shape index (κ2) is 8.82. The molecule has 0 fully saturated rings. The van der Waals surface area contributed by atoms with Crippen LogP contribution in [-0.4, -0.2) is 19.1 Å². The average Bonchev–Trinajstić information content (AvgIpc) is 2.54. The highest BCUT2D eigenvalue weighted by Crippen LogP contribution is 2.22. The van der Waals surface area contributed by atoms with Gasteiger partial charge in [0.05, 0.1) is 18.0 Å². The third kappa shape index (κ3) is 6.01. The van der Waals surface area contributed by atoms with Crippen LogP contribution in [0, 0.1) is 17.7 Å². The largest absolute Gasteiger partial charge is 0.479 e. The van der Waals surface area contributed by atoms with E-state index in [-0.39, 0.29) is 31.3 Å². The van der Waals surface area contributed by atoms with Crippen molar-refractivity contribution in [3.63, 3.8) is 0 Å². The van der Waals surface area contributed by atoms with Crippen molar-refractivity contribution < 1.29 is 13.9 Å². The highest BCUT2D eigenvalue weighted by molar-refractivity contribution is 6.32. The normalized spacial score (nSPS) is 9.65. The summed E-state index contributed by atoms with van der Waals surface area (Å²) in [6.07, 6.45) is 0.193. The van der Waals surface area contributed by atoms with E-state index >= 15 is 0 Å². The second-order valence-electron chi connectivity index (χ2n) is 4.65. The molecule has 2 rings (SSSR count). The molecule has 23 heavy (non-hydrogen) atoms. The summed E-state index contributed by atoms with van der Waals surface area (Å²) in [7, 11) is 0. The van der Waals surface area contributed by atoms with E-state index in [4.69, 9.17) is 16.3 Å². The van der Waals surface area contributed by atoms with Gasteiger partial charge in [0.25, 0.3) is 0 Å². The minimum Gasteiger partial charge on any atom is -0.479 e. The third-order valence-electron chi connectivity index (χ3n) is 2.91. The van der Waals surface area contributed by atoms with Gasteiger partial charge in [0.15, 0.2) is 0 Å². The molecule has 0 bridgehead atoms. The zero-order valence-corrected chi connectivity index (χ0v) is 13.1. The number of amides is 1. The van der Waals surface area contributed by atoms with Gasteiger partial charge in [-0.25, -0.2) is 4.39 Å². The number of halogens is 2. The fraction of sp³-hybridized carbons (Fsp3) is 0.167. The second-order valence-corrected chi connectivity index (χ2v) is 5.06. The molecule has 0 aliphatic carbocycles. The molecule has 5 heteroatoms. The van der Waals surface area contributed by atoms with Gasteiger partial charge in [0.2, 0.25) is 5.91 Å². The Hall–Kier alpha value is -2.51. The van der Waals surface area contributed by atoms with E-state index in [1.165, 1.54) is 12.1 Å². The van der Waals surface area contributed by atoms with E-state index in [0.29, 0.717) is 10.8 Å². The van der Waals surface area contributed by atoms with Crippen LogP contribution in [0.5, 0.6) is 5.75 Å². The molecular weight excluding hydrogens is 317 g/mol. The Morgan fingerprint density at radius 1 is 1.13 bits per heavy atom. The Bertz CT molecular complexity index is 720. The van der Waals surface area contributed by atoms with Gasteiger partial charge in [0, 0.05) is 0 Å². The average molecular weight is 332 g/mol. The summed E-state index contributed by atoms with van der Waals surface area (Å²) >= 11 is 5.94. The molecule has 0 aliphatic rings. The molecule has 1 N–H and O–H groups in total. The van der Waals surface area contributed by atoms with Crippen molar-refractivity contribution in [2.75, 3.05) is 13.2 Å². The van der Waals surface area contributed by atoms with Gasteiger partial charge >= 0.3 is 0 Å². The predicted octanol–water partition coefficient (Wildman–Crippen LogP) is 3.22. The van der Waals surface area contributed by atoms with Crippen molar-refractivity contribution in [3.05, 3.63) is 64.9 Å². The van der Waals surface area contributed by atoms with Crippen LogP contribution >= 0.6 is 11.6 Å². The van der Waals surface area contributed by atoms with Gasteiger partial charge < -0.3 is 10.1 Å². The molecule has 0 heterocycles. The highest BCUT2D eigenvalue weighted by Gasteiger charge is 2.02. The molecule has 0 aliphatic heterocycles. The molecule has 0 spiro atoms. The first kappa shape index (κ1) is 16.9. The van der Waals surface area contributed by atoms with Crippen LogP contribution in [0.1, 0.15) is 5.56 Å². The lowest BCUT2D eigenvalue weighted by Crippen LogP contribution is -2.25. The first-order chi connectivity index (χ1) is 11.1. The minimum atomic E-state index is -0.321. The first-order valence-electron chi connectivity index (χ1n) is 6.99. The number of nitrogens with one attached hydrogen (secondary N) is 1. The van der Waals surface area contributed by atoms with E-state index in [1.54, 1.807) is 24.3 Å². The molecule has 3 nitrogen and oxygen atoms in total. The van der Waals surface area contributed by atoms with Gasteiger partial charge in [-0.05, 0) is 29.8 Å². The summed E-state index contributed by atoms with van der Waals surface area (Å²) in [5.41, 5.74) is 0.749. The summed E-state index contributed by atoms with van der Waals surface area (Å²) in [6, 6.07) is 13.0. The topological polar surface area (TPSA) is 38.3 Å². The standard InChI is InChI=1S/C18H15ClFNO2/c19-16-5-1-2-6-17(16)23-12-4-3-11-21-18(22)13-14-7-9-15(20)10-8-14/h1-2,5-10H,11-13H2,(H,21,22). The number of rotatable bonds is 5. The number of carbonyl (C=O) groups excluding carboxylic acids is 1. The van der Waals surface area contributed by atoms with Crippen LogP contribution in [0.25, 0.3) is 0 Å². The minimum absolute atomic E-state index is 0.169. The molecule has 118 valence electrons. The fourth-order valence-electron chi connectivity index (χ4n) is 1.78. The predicted molar refractivity (Wildman–Crippen MR) is 87.8 cm³/mol. The summed E-state index contributed by atoms with van der Waals surface area (Å²) in [5, 5.41) is 3.20. The first-order valence-corrected chi connectivity index (χ1v) is 7.37. The number of hydrogen-bond acceptors (Lipinski definition) is 2. The molecule has 0 unspecified atom stereocenters.